The van der Waals surface area contributed by atoms with E-state index in [4.69, 9.17) is 0 Å². The number of phenolic OH excluding ortho intramolecular Hbond substituents is 3. The Labute approximate surface area is 297 Å². The highest BCUT2D eigenvalue weighted by Gasteiger charge is 2.02. The van der Waals surface area contributed by atoms with Gasteiger partial charge < -0.3 is 15.3 Å². The molecule has 51 heavy (non-hydrogen) atoms. The summed E-state index contributed by atoms with van der Waals surface area (Å²) in [6.07, 6.45) is 0. The zero-order valence-electron chi connectivity index (χ0n) is 27.4. The van der Waals surface area contributed by atoms with Gasteiger partial charge in [-0.15, -0.1) is 0 Å². The molecular weight excluding hydrogens is 625 g/mol. The van der Waals surface area contributed by atoms with Crippen LogP contribution in [0.4, 0.5) is 0 Å². The molecule has 0 radical (unpaired) electrons. The summed E-state index contributed by atoms with van der Waals surface area (Å²) in [7, 11) is 0. The predicted molar refractivity (Wildman–Crippen MR) is 205 cm³/mol. The lowest BCUT2D eigenvalue weighted by molar-refractivity contribution is 0.475. The molecule has 0 saturated carbocycles. The molecule has 7 aromatic carbocycles. The van der Waals surface area contributed by atoms with E-state index in [0.717, 1.165) is 66.8 Å². The van der Waals surface area contributed by atoms with Gasteiger partial charge in [0.2, 0.25) is 0 Å². The van der Waals surface area contributed by atoms with Crippen molar-refractivity contribution in [2.75, 3.05) is 0 Å². The van der Waals surface area contributed by atoms with E-state index in [0.29, 0.717) is 0 Å². The first-order valence-corrected chi connectivity index (χ1v) is 16.3. The van der Waals surface area contributed by atoms with E-state index in [1.165, 1.54) is 0 Å². The molecule has 0 atom stereocenters. The third-order valence-electron chi connectivity index (χ3n) is 8.18. The highest BCUT2D eigenvalue weighted by atomic mass is 16.3. The fourth-order valence-corrected chi connectivity index (χ4v) is 5.57. The molecule has 0 heterocycles. The van der Waals surface area contributed by atoms with E-state index in [9.17, 15) is 15.3 Å². The first kappa shape index (κ1) is 32.2. The Morgan fingerprint density at radius 1 is 0.235 bits per heavy atom. The van der Waals surface area contributed by atoms with Crippen molar-refractivity contribution in [1.29, 1.82) is 0 Å². The standard InChI is InChI=1S/C48H30O3/c49-46-7-1-4-43(31-46)40-22-16-34(17-23-40)10-13-37-28-38(14-11-35-18-24-41(25-19-35)44-5-2-8-47(50)32-44)30-39(29-37)15-12-36-20-26-42(27-21-36)45-6-3-9-48(51)33-45/h1-9,16-33,49-51H. The average Bonchev–Trinajstić information content (AvgIpc) is 3.16. The Kier molecular flexibility index (Phi) is 9.34. The summed E-state index contributed by atoms with van der Waals surface area (Å²) in [6.45, 7) is 0. The van der Waals surface area contributed by atoms with Gasteiger partial charge in [-0.1, -0.05) is 108 Å². The topological polar surface area (TPSA) is 60.7 Å². The Morgan fingerprint density at radius 2 is 0.490 bits per heavy atom. The first-order chi connectivity index (χ1) is 24.9. The molecule has 3 heteroatoms. The fourth-order valence-electron chi connectivity index (χ4n) is 5.57. The summed E-state index contributed by atoms with van der Waals surface area (Å²) in [6, 6.07) is 51.2. The average molecular weight is 655 g/mol. The van der Waals surface area contributed by atoms with Gasteiger partial charge in [0.05, 0.1) is 0 Å². The molecule has 0 spiro atoms. The summed E-state index contributed by atoms with van der Waals surface area (Å²) in [5.74, 6) is 20.4. The van der Waals surface area contributed by atoms with Gasteiger partial charge in [0.25, 0.3) is 0 Å². The molecule has 7 aromatic rings. The zero-order valence-corrected chi connectivity index (χ0v) is 27.4. The molecule has 0 saturated heterocycles. The maximum absolute atomic E-state index is 9.86. The fraction of sp³-hybridized carbons (Fsp3) is 0. The lowest BCUT2D eigenvalue weighted by Crippen LogP contribution is -1.86. The monoisotopic (exact) mass is 654 g/mol. The third-order valence-corrected chi connectivity index (χ3v) is 8.18. The van der Waals surface area contributed by atoms with E-state index in [1.54, 1.807) is 36.4 Å². The molecular formula is C48H30O3. The molecule has 3 nitrogen and oxygen atoms in total. The summed E-state index contributed by atoms with van der Waals surface area (Å²) >= 11 is 0. The van der Waals surface area contributed by atoms with Crippen LogP contribution in [-0.4, -0.2) is 15.3 Å². The lowest BCUT2D eigenvalue weighted by Gasteiger charge is -2.03. The van der Waals surface area contributed by atoms with Gasteiger partial charge in [0.1, 0.15) is 17.2 Å². The van der Waals surface area contributed by atoms with E-state index >= 15 is 0 Å². The predicted octanol–water partition coefficient (Wildman–Crippen LogP) is 10.0. The van der Waals surface area contributed by atoms with Crippen molar-refractivity contribution in [3.8, 4) is 86.2 Å². The molecule has 0 amide bonds. The van der Waals surface area contributed by atoms with E-state index < -0.39 is 0 Å². The first-order valence-electron chi connectivity index (χ1n) is 16.3. The summed E-state index contributed by atoms with van der Waals surface area (Å²) in [5.41, 5.74) is 10.8. The Hall–Kier alpha value is -7.38. The minimum atomic E-state index is 0.231. The number of phenols is 3. The Morgan fingerprint density at radius 3 is 0.745 bits per heavy atom. The molecule has 240 valence electrons. The van der Waals surface area contributed by atoms with Crippen molar-refractivity contribution in [2.24, 2.45) is 0 Å². The van der Waals surface area contributed by atoms with Crippen LogP contribution < -0.4 is 0 Å². The Balaban J connectivity index is 1.17. The van der Waals surface area contributed by atoms with Crippen molar-refractivity contribution in [1.82, 2.24) is 0 Å². The minimum Gasteiger partial charge on any atom is -0.508 e. The van der Waals surface area contributed by atoms with Crippen molar-refractivity contribution in [3.63, 3.8) is 0 Å². The maximum atomic E-state index is 9.86. The van der Waals surface area contributed by atoms with Crippen LogP contribution in [0.1, 0.15) is 33.4 Å². The second-order valence-electron chi connectivity index (χ2n) is 11.9. The van der Waals surface area contributed by atoms with Gasteiger partial charge in [-0.05, 0) is 124 Å². The second-order valence-corrected chi connectivity index (χ2v) is 11.9. The van der Waals surface area contributed by atoms with Gasteiger partial charge in [-0.3, -0.25) is 0 Å². The van der Waals surface area contributed by atoms with Gasteiger partial charge in [-0.25, -0.2) is 0 Å². The number of hydrogen-bond donors (Lipinski definition) is 3. The third kappa shape index (κ3) is 8.38. The van der Waals surface area contributed by atoms with Crippen LogP contribution in [0.3, 0.4) is 0 Å². The molecule has 0 unspecified atom stereocenters. The highest BCUT2D eigenvalue weighted by Crippen LogP contribution is 2.26. The normalized spacial score (nSPS) is 10.1. The van der Waals surface area contributed by atoms with Crippen LogP contribution in [0.5, 0.6) is 17.2 Å². The number of benzene rings is 7. The molecule has 3 N–H and O–H groups in total. The van der Waals surface area contributed by atoms with Gasteiger partial charge in [-0.2, -0.15) is 0 Å². The SMILES string of the molecule is Oc1cccc(-c2ccc(C#Cc3cc(C#Cc4ccc(-c5cccc(O)c5)cc4)cc(C#Cc4ccc(-c5cccc(O)c5)cc4)c3)cc2)c1. The van der Waals surface area contributed by atoms with Crippen LogP contribution in [0, 0.1) is 35.5 Å². The van der Waals surface area contributed by atoms with Crippen LogP contribution >= 0.6 is 0 Å². The molecule has 0 fully saturated rings. The summed E-state index contributed by atoms with van der Waals surface area (Å²) < 4.78 is 0. The molecule has 0 aliphatic rings. The van der Waals surface area contributed by atoms with Crippen molar-refractivity contribution in [2.45, 2.75) is 0 Å². The van der Waals surface area contributed by atoms with E-state index in [2.05, 4.69) is 35.5 Å². The van der Waals surface area contributed by atoms with Crippen LogP contribution in [0.2, 0.25) is 0 Å². The smallest absolute Gasteiger partial charge is 0.116 e. The van der Waals surface area contributed by atoms with Crippen molar-refractivity contribution >= 4 is 0 Å². The van der Waals surface area contributed by atoms with Gasteiger partial charge >= 0.3 is 0 Å². The maximum Gasteiger partial charge on any atom is 0.116 e. The van der Waals surface area contributed by atoms with Gasteiger partial charge in [0, 0.05) is 33.4 Å². The lowest BCUT2D eigenvalue weighted by atomic mass is 10.0. The van der Waals surface area contributed by atoms with Crippen LogP contribution in [-0.2, 0) is 0 Å². The molecule has 7 rings (SSSR count). The minimum absolute atomic E-state index is 0.231. The summed E-state index contributed by atoms with van der Waals surface area (Å²) in [5, 5.41) is 29.6. The molecule has 0 aliphatic heterocycles. The van der Waals surface area contributed by atoms with E-state index in [-0.39, 0.29) is 17.2 Å². The quantitative estimate of drug-likeness (QED) is 0.166. The largest absolute Gasteiger partial charge is 0.508 e. The number of hydrogen-bond acceptors (Lipinski definition) is 3. The number of rotatable bonds is 3. The van der Waals surface area contributed by atoms with Crippen molar-refractivity contribution < 1.29 is 15.3 Å². The second kappa shape index (κ2) is 14.8. The zero-order chi connectivity index (χ0) is 35.0. The van der Waals surface area contributed by atoms with Gasteiger partial charge in [0.15, 0.2) is 0 Å². The summed E-state index contributed by atoms with van der Waals surface area (Å²) in [4.78, 5) is 0. The van der Waals surface area contributed by atoms with E-state index in [1.807, 2.05) is 127 Å². The molecule has 0 aliphatic carbocycles. The molecule has 0 bridgehead atoms. The number of aromatic hydroxyl groups is 3. The Bertz CT molecular complexity index is 2240. The van der Waals surface area contributed by atoms with Crippen LogP contribution in [0.15, 0.2) is 164 Å². The highest BCUT2D eigenvalue weighted by molar-refractivity contribution is 5.68. The van der Waals surface area contributed by atoms with Crippen LogP contribution in [0.25, 0.3) is 33.4 Å². The van der Waals surface area contributed by atoms with Crippen molar-refractivity contribution in [3.05, 3.63) is 197 Å². The molecule has 0 aromatic heterocycles.